The monoisotopic (exact) mass is 228 g/mol. The summed E-state index contributed by atoms with van der Waals surface area (Å²) in [5.41, 5.74) is 9.25. The molecule has 2 heterocycles. The molecule has 17 heavy (non-hydrogen) atoms. The van der Waals surface area contributed by atoms with Gasteiger partial charge in [-0.3, -0.25) is 0 Å². The first-order chi connectivity index (χ1) is 8.16. The molecule has 5 nitrogen and oxygen atoms in total. The Kier molecular flexibility index (Phi) is 1.95. The highest BCUT2D eigenvalue weighted by Crippen LogP contribution is 2.28. The van der Waals surface area contributed by atoms with Crippen molar-refractivity contribution in [2.24, 2.45) is 7.05 Å². The van der Waals surface area contributed by atoms with Crippen LogP contribution in [-0.4, -0.2) is 14.7 Å². The first-order valence-corrected chi connectivity index (χ1v) is 5.31. The molecule has 86 valence electrons. The highest BCUT2D eigenvalue weighted by molar-refractivity contribution is 5.91. The molecule has 2 N–H and O–H groups in total. The Morgan fingerprint density at radius 3 is 2.88 bits per heavy atom. The smallest absolute Gasteiger partial charge is 0.222 e. The molecule has 0 unspecified atom stereocenters. The molecular formula is C12H12N4O. The van der Waals surface area contributed by atoms with Gasteiger partial charge in [0.1, 0.15) is 11.5 Å². The van der Waals surface area contributed by atoms with Crippen LogP contribution in [0.2, 0.25) is 0 Å². The second kappa shape index (κ2) is 3.35. The zero-order valence-corrected chi connectivity index (χ0v) is 9.64. The lowest BCUT2D eigenvalue weighted by Crippen LogP contribution is -1.92. The van der Waals surface area contributed by atoms with Gasteiger partial charge in [-0.15, -0.1) is 0 Å². The zero-order chi connectivity index (χ0) is 12.0. The van der Waals surface area contributed by atoms with Crippen molar-refractivity contribution in [3.63, 3.8) is 0 Å². The molecule has 0 aliphatic carbocycles. The lowest BCUT2D eigenvalue weighted by atomic mass is 10.1. The lowest BCUT2D eigenvalue weighted by Gasteiger charge is -2.01. The van der Waals surface area contributed by atoms with E-state index in [4.69, 9.17) is 10.3 Å². The van der Waals surface area contributed by atoms with Crippen molar-refractivity contribution in [2.75, 3.05) is 5.73 Å². The Morgan fingerprint density at radius 1 is 1.35 bits per heavy atom. The number of anilines is 1. The zero-order valence-electron chi connectivity index (χ0n) is 9.64. The summed E-state index contributed by atoms with van der Waals surface area (Å²) in [5, 5.41) is 3.95. The van der Waals surface area contributed by atoms with Crippen molar-refractivity contribution in [1.29, 1.82) is 0 Å². The summed E-state index contributed by atoms with van der Waals surface area (Å²) in [6.07, 6.45) is 0. The van der Waals surface area contributed by atoms with Crippen molar-refractivity contribution in [3.8, 4) is 11.3 Å². The minimum absolute atomic E-state index is 0.316. The summed E-state index contributed by atoms with van der Waals surface area (Å²) in [4.78, 5) is 4.48. The fraction of sp³-hybridized carbons (Fsp3) is 0.167. The number of aryl methyl sites for hydroxylation is 2. The number of hydrogen-bond donors (Lipinski definition) is 1. The van der Waals surface area contributed by atoms with Crippen LogP contribution in [0.3, 0.4) is 0 Å². The van der Waals surface area contributed by atoms with E-state index in [0.29, 0.717) is 5.88 Å². The van der Waals surface area contributed by atoms with Crippen molar-refractivity contribution < 1.29 is 4.52 Å². The Bertz CT molecular complexity index is 696. The fourth-order valence-electron chi connectivity index (χ4n) is 2.01. The molecular weight excluding hydrogens is 216 g/mol. The van der Waals surface area contributed by atoms with E-state index in [1.807, 2.05) is 36.7 Å². The van der Waals surface area contributed by atoms with Crippen molar-refractivity contribution in [2.45, 2.75) is 6.92 Å². The topological polar surface area (TPSA) is 69.9 Å². The molecule has 0 fully saturated rings. The van der Waals surface area contributed by atoms with Crippen molar-refractivity contribution in [1.82, 2.24) is 14.7 Å². The fourth-order valence-corrected chi connectivity index (χ4v) is 2.01. The molecule has 0 atom stereocenters. The largest absolute Gasteiger partial charge is 0.368 e. The van der Waals surface area contributed by atoms with E-state index >= 15 is 0 Å². The Labute approximate surface area is 97.8 Å². The number of nitrogens with zero attached hydrogens (tertiary/aromatic N) is 3. The molecule has 1 aromatic carbocycles. The number of imidazole rings is 1. The summed E-state index contributed by atoms with van der Waals surface area (Å²) in [6.45, 7) is 1.97. The van der Waals surface area contributed by atoms with Gasteiger partial charge in [-0.2, -0.15) is 0 Å². The SMILES string of the molecule is Cc1nc2cccc(-c3cc(N)on3)c2n1C. The second-order valence-corrected chi connectivity index (χ2v) is 4.01. The maximum absolute atomic E-state index is 5.55. The number of nitrogens with two attached hydrogens (primary N) is 1. The third kappa shape index (κ3) is 1.39. The molecule has 0 saturated heterocycles. The average molecular weight is 228 g/mol. The van der Waals surface area contributed by atoms with Gasteiger partial charge in [0.2, 0.25) is 5.88 Å². The third-order valence-electron chi connectivity index (χ3n) is 2.92. The van der Waals surface area contributed by atoms with E-state index in [2.05, 4.69) is 10.1 Å². The van der Waals surface area contributed by atoms with E-state index < -0.39 is 0 Å². The van der Waals surface area contributed by atoms with Crippen LogP contribution in [0.25, 0.3) is 22.3 Å². The summed E-state index contributed by atoms with van der Waals surface area (Å²) in [7, 11) is 1.98. The van der Waals surface area contributed by atoms with Crippen LogP contribution >= 0.6 is 0 Å². The highest BCUT2D eigenvalue weighted by Gasteiger charge is 2.13. The van der Waals surface area contributed by atoms with E-state index in [9.17, 15) is 0 Å². The maximum Gasteiger partial charge on any atom is 0.222 e. The summed E-state index contributed by atoms with van der Waals surface area (Å²) < 4.78 is 6.95. The predicted octanol–water partition coefficient (Wildman–Crippen LogP) is 2.12. The number of para-hydroxylation sites is 1. The van der Waals surface area contributed by atoms with Gasteiger partial charge in [0.25, 0.3) is 0 Å². The van der Waals surface area contributed by atoms with Crippen molar-refractivity contribution in [3.05, 3.63) is 30.1 Å². The molecule has 0 amide bonds. The molecule has 0 bridgehead atoms. The molecule has 0 spiro atoms. The molecule has 0 aliphatic rings. The minimum atomic E-state index is 0.316. The Balaban J connectivity index is 2.36. The number of rotatable bonds is 1. The van der Waals surface area contributed by atoms with Gasteiger partial charge < -0.3 is 14.8 Å². The third-order valence-corrected chi connectivity index (χ3v) is 2.92. The first-order valence-electron chi connectivity index (χ1n) is 5.31. The van der Waals surface area contributed by atoms with Gasteiger partial charge in [-0.05, 0) is 13.0 Å². The van der Waals surface area contributed by atoms with Gasteiger partial charge >= 0.3 is 0 Å². The molecule has 3 rings (SSSR count). The molecule has 0 radical (unpaired) electrons. The minimum Gasteiger partial charge on any atom is -0.368 e. The van der Waals surface area contributed by atoms with Gasteiger partial charge in [0.15, 0.2) is 0 Å². The van der Waals surface area contributed by atoms with Crippen LogP contribution in [0.1, 0.15) is 5.82 Å². The van der Waals surface area contributed by atoms with Crippen LogP contribution in [0.4, 0.5) is 5.88 Å². The van der Waals surface area contributed by atoms with Crippen molar-refractivity contribution >= 4 is 16.9 Å². The van der Waals surface area contributed by atoms with Crippen LogP contribution in [0, 0.1) is 6.92 Å². The molecule has 3 aromatic rings. The van der Waals surface area contributed by atoms with E-state index in [1.165, 1.54) is 0 Å². The quantitative estimate of drug-likeness (QED) is 0.692. The van der Waals surface area contributed by atoms with Crippen LogP contribution in [0.15, 0.2) is 28.8 Å². The number of nitrogen functional groups attached to an aromatic ring is 1. The predicted molar refractivity (Wildman–Crippen MR) is 65.4 cm³/mol. The van der Waals surface area contributed by atoms with Gasteiger partial charge in [-0.1, -0.05) is 17.3 Å². The van der Waals surface area contributed by atoms with Crippen LogP contribution in [0.5, 0.6) is 0 Å². The number of benzene rings is 1. The molecule has 5 heteroatoms. The number of aromatic nitrogens is 3. The molecule has 0 aliphatic heterocycles. The highest BCUT2D eigenvalue weighted by atomic mass is 16.5. The second-order valence-electron chi connectivity index (χ2n) is 4.01. The summed E-state index contributed by atoms with van der Waals surface area (Å²) >= 11 is 0. The summed E-state index contributed by atoms with van der Waals surface area (Å²) in [6, 6.07) is 7.64. The number of hydrogen-bond acceptors (Lipinski definition) is 4. The van der Waals surface area contributed by atoms with E-state index in [1.54, 1.807) is 6.07 Å². The lowest BCUT2D eigenvalue weighted by molar-refractivity contribution is 0.439. The first kappa shape index (κ1) is 9.89. The maximum atomic E-state index is 5.55. The molecule has 0 saturated carbocycles. The average Bonchev–Trinajstić information content (AvgIpc) is 2.85. The van der Waals surface area contributed by atoms with Crippen LogP contribution in [-0.2, 0) is 7.05 Å². The summed E-state index contributed by atoms with van der Waals surface area (Å²) in [5.74, 6) is 1.28. The van der Waals surface area contributed by atoms with Gasteiger partial charge in [-0.25, -0.2) is 4.98 Å². The van der Waals surface area contributed by atoms with Gasteiger partial charge in [0, 0.05) is 18.7 Å². The van der Waals surface area contributed by atoms with Crippen LogP contribution < -0.4 is 5.73 Å². The Hall–Kier alpha value is -2.30. The van der Waals surface area contributed by atoms with Gasteiger partial charge in [0.05, 0.1) is 11.0 Å². The van der Waals surface area contributed by atoms with E-state index in [0.717, 1.165) is 28.1 Å². The van der Waals surface area contributed by atoms with E-state index in [-0.39, 0.29) is 0 Å². The molecule has 2 aromatic heterocycles. The number of fused-ring (bicyclic) bond motifs is 1. The standard InChI is InChI=1S/C12H12N4O/c1-7-14-9-5-3-4-8(12(9)16(7)2)10-6-11(13)17-15-10/h3-6H,13H2,1-2H3. The normalized spacial score (nSPS) is 11.2. The Morgan fingerprint density at radius 2 is 2.18 bits per heavy atom.